The predicted octanol–water partition coefficient (Wildman–Crippen LogP) is 0.474. The van der Waals surface area contributed by atoms with Gasteiger partial charge in [0.15, 0.2) is 6.10 Å². The minimum atomic E-state index is -1.78. The zero-order chi connectivity index (χ0) is 17.6. The molecule has 8 nitrogen and oxygen atoms in total. The SMILES string of the molecule is O=C(O)[C@H]1O[C@@H](Oc2c[nH]c3ccc(Br)c(Cl)c23)[C@H](O)[C@@H](O)[C@@H]1O.[Na]. The van der Waals surface area contributed by atoms with E-state index in [1.165, 1.54) is 6.20 Å². The molecule has 5 atom stereocenters. The van der Waals surface area contributed by atoms with Crippen molar-refractivity contribution in [1.29, 1.82) is 0 Å². The third kappa shape index (κ3) is 3.85. The predicted molar refractivity (Wildman–Crippen MR) is 91.7 cm³/mol. The molecule has 1 aromatic heterocycles. The zero-order valence-corrected chi connectivity index (χ0v) is 17.2. The van der Waals surface area contributed by atoms with E-state index >= 15 is 0 Å². The first-order chi connectivity index (χ1) is 11.3. The summed E-state index contributed by atoms with van der Waals surface area (Å²) in [4.78, 5) is 14.0. The molecule has 0 spiro atoms. The summed E-state index contributed by atoms with van der Waals surface area (Å²) in [5.41, 5.74) is 0.652. The Kier molecular flexibility index (Phi) is 6.80. The number of hydrogen-bond donors (Lipinski definition) is 5. The molecule has 1 aliphatic heterocycles. The zero-order valence-electron chi connectivity index (χ0n) is 12.9. The second-order valence-corrected chi connectivity index (χ2v) is 6.52. The summed E-state index contributed by atoms with van der Waals surface area (Å²) in [6.07, 6.45) is -6.94. The Morgan fingerprint density at radius 2 is 1.92 bits per heavy atom. The quantitative estimate of drug-likeness (QED) is 0.434. The molecule has 0 aliphatic carbocycles. The summed E-state index contributed by atoms with van der Waals surface area (Å²) in [7, 11) is 0. The van der Waals surface area contributed by atoms with Crippen molar-refractivity contribution in [2.75, 3.05) is 0 Å². The molecule has 1 saturated heterocycles. The molecule has 1 radical (unpaired) electrons. The van der Waals surface area contributed by atoms with Gasteiger partial charge in [-0.25, -0.2) is 4.79 Å². The molecule has 2 heterocycles. The van der Waals surface area contributed by atoms with Gasteiger partial charge in [0.05, 0.1) is 15.9 Å². The number of fused-ring (bicyclic) bond motifs is 1. The third-order valence-electron chi connectivity index (χ3n) is 3.76. The summed E-state index contributed by atoms with van der Waals surface area (Å²) in [6, 6.07) is 3.48. The Morgan fingerprint density at radius 1 is 1.24 bits per heavy atom. The van der Waals surface area contributed by atoms with E-state index in [1.807, 2.05) is 0 Å². The first-order valence-corrected chi connectivity index (χ1v) is 8.02. The van der Waals surface area contributed by atoms with Crippen LogP contribution in [0.25, 0.3) is 10.9 Å². The number of aromatic nitrogens is 1. The fraction of sp³-hybridized carbons (Fsp3) is 0.357. The molecule has 1 aromatic carbocycles. The molecule has 0 saturated carbocycles. The van der Waals surface area contributed by atoms with E-state index in [0.29, 0.717) is 20.4 Å². The second-order valence-electron chi connectivity index (χ2n) is 5.29. The first-order valence-electron chi connectivity index (χ1n) is 6.85. The summed E-state index contributed by atoms with van der Waals surface area (Å²) >= 11 is 9.51. The molecule has 2 aromatic rings. The van der Waals surface area contributed by atoms with E-state index in [-0.39, 0.29) is 35.3 Å². The van der Waals surface area contributed by atoms with Crippen molar-refractivity contribution in [3.05, 3.63) is 27.8 Å². The first kappa shape index (κ1) is 20.9. The van der Waals surface area contributed by atoms with Gasteiger partial charge in [-0.15, -0.1) is 0 Å². The van der Waals surface area contributed by atoms with Gasteiger partial charge in [0.2, 0.25) is 6.29 Å². The van der Waals surface area contributed by atoms with E-state index < -0.39 is 36.7 Å². The number of carboxylic acids is 1. The van der Waals surface area contributed by atoms with E-state index in [4.69, 9.17) is 26.2 Å². The van der Waals surface area contributed by atoms with Gasteiger partial charge in [-0.3, -0.25) is 0 Å². The molecule has 1 aliphatic rings. The van der Waals surface area contributed by atoms with Crippen LogP contribution >= 0.6 is 27.5 Å². The largest absolute Gasteiger partial charge is 0.479 e. The van der Waals surface area contributed by atoms with Crippen LogP contribution in [0.1, 0.15) is 0 Å². The topological polar surface area (TPSA) is 132 Å². The minimum Gasteiger partial charge on any atom is -0.479 e. The molecular weight excluding hydrogens is 433 g/mol. The number of aliphatic hydroxyl groups is 3. The van der Waals surface area contributed by atoms with Crippen LogP contribution in [-0.2, 0) is 9.53 Å². The fourth-order valence-corrected chi connectivity index (χ4v) is 3.08. The standard InChI is InChI=1S/C14H13BrClNO7.Na/c15-4-1-2-5-7(8(4)16)6(3-17-5)23-14-11(20)9(18)10(19)12(24-14)13(21)22;/h1-3,9-12,14,17-20H,(H,21,22);/t9-,10-,11+,12-,14+;/m0./s1. The molecule has 25 heavy (non-hydrogen) atoms. The molecule has 0 unspecified atom stereocenters. The number of ether oxygens (including phenoxy) is 2. The maximum atomic E-state index is 11.1. The van der Waals surface area contributed by atoms with Crippen LogP contribution in [-0.4, -0.2) is 91.6 Å². The van der Waals surface area contributed by atoms with Gasteiger partial charge in [0.1, 0.15) is 24.1 Å². The van der Waals surface area contributed by atoms with Gasteiger partial charge in [-0.05, 0) is 28.1 Å². The Morgan fingerprint density at radius 3 is 2.56 bits per heavy atom. The number of rotatable bonds is 3. The van der Waals surface area contributed by atoms with Crippen LogP contribution in [0.4, 0.5) is 0 Å². The molecule has 3 rings (SSSR count). The smallest absolute Gasteiger partial charge is 0.335 e. The Balaban J connectivity index is 0.00000225. The molecule has 0 amide bonds. The summed E-state index contributed by atoms with van der Waals surface area (Å²) in [5.74, 6) is -1.28. The van der Waals surface area contributed by atoms with Gasteiger partial charge in [-0.2, -0.15) is 0 Å². The molecule has 0 bridgehead atoms. The van der Waals surface area contributed by atoms with Crippen molar-refractivity contribution in [2.24, 2.45) is 0 Å². The van der Waals surface area contributed by atoms with Crippen molar-refractivity contribution in [2.45, 2.75) is 30.7 Å². The number of hydrogen-bond acceptors (Lipinski definition) is 6. The van der Waals surface area contributed by atoms with Crippen LogP contribution in [0.2, 0.25) is 5.02 Å². The number of aromatic amines is 1. The maximum Gasteiger partial charge on any atom is 0.335 e. The summed E-state index contributed by atoms with van der Waals surface area (Å²) < 4.78 is 11.2. The van der Waals surface area contributed by atoms with Crippen molar-refractivity contribution in [3.8, 4) is 5.75 Å². The Labute approximate surface area is 177 Å². The number of nitrogens with one attached hydrogen (secondary N) is 1. The molecule has 1 fully saturated rings. The summed E-state index contributed by atoms with van der Waals surface area (Å²) in [5, 5.41) is 39.4. The number of H-pyrrole nitrogens is 1. The molecule has 131 valence electrons. The number of carbonyl (C=O) groups is 1. The van der Waals surface area contributed by atoms with Crippen molar-refractivity contribution < 1.29 is 34.7 Å². The average molecular weight is 446 g/mol. The number of aliphatic carboxylic acids is 1. The van der Waals surface area contributed by atoms with Gasteiger partial charge in [-0.1, -0.05) is 11.6 Å². The fourth-order valence-electron chi connectivity index (χ4n) is 2.49. The second kappa shape index (κ2) is 8.12. The van der Waals surface area contributed by atoms with Gasteiger partial charge < -0.3 is 34.9 Å². The van der Waals surface area contributed by atoms with Gasteiger partial charge in [0.25, 0.3) is 0 Å². The van der Waals surface area contributed by atoms with Crippen LogP contribution < -0.4 is 4.74 Å². The number of benzene rings is 1. The number of halogens is 2. The van der Waals surface area contributed by atoms with E-state index in [9.17, 15) is 20.1 Å². The van der Waals surface area contributed by atoms with Crippen molar-refractivity contribution >= 4 is 74.0 Å². The maximum absolute atomic E-state index is 11.1. The molecule has 11 heteroatoms. The molecule has 5 N–H and O–H groups in total. The average Bonchev–Trinajstić information content (AvgIpc) is 2.94. The van der Waals surface area contributed by atoms with Crippen LogP contribution in [0.15, 0.2) is 22.8 Å². The number of carboxylic acid groups (broad SMARTS) is 1. The Hall–Kier alpha value is -0.360. The van der Waals surface area contributed by atoms with E-state index in [2.05, 4.69) is 20.9 Å². The summed E-state index contributed by atoms with van der Waals surface area (Å²) in [6.45, 7) is 0. The number of aliphatic hydroxyl groups excluding tert-OH is 3. The van der Waals surface area contributed by atoms with E-state index in [0.717, 1.165) is 0 Å². The van der Waals surface area contributed by atoms with E-state index in [1.54, 1.807) is 12.1 Å². The van der Waals surface area contributed by atoms with Gasteiger partial charge in [0, 0.05) is 40.2 Å². The Bertz CT molecular complexity index is 788. The van der Waals surface area contributed by atoms with Gasteiger partial charge >= 0.3 is 5.97 Å². The normalized spacial score (nSPS) is 29.2. The van der Waals surface area contributed by atoms with Crippen LogP contribution in [0, 0.1) is 0 Å². The van der Waals surface area contributed by atoms with Crippen molar-refractivity contribution in [1.82, 2.24) is 4.98 Å². The van der Waals surface area contributed by atoms with Crippen LogP contribution in [0.5, 0.6) is 5.75 Å². The van der Waals surface area contributed by atoms with Crippen LogP contribution in [0.3, 0.4) is 0 Å². The van der Waals surface area contributed by atoms with Crippen molar-refractivity contribution in [3.63, 3.8) is 0 Å². The molecular formula is C14H13BrClNNaO7. The minimum absolute atomic E-state index is 0. The third-order valence-corrected chi connectivity index (χ3v) is 5.04. The monoisotopic (exact) mass is 444 g/mol.